The van der Waals surface area contributed by atoms with Crippen LogP contribution in [0.1, 0.15) is 0 Å². The first-order valence-corrected chi connectivity index (χ1v) is 50.7. The molecule has 26 bridgehead atoms. The van der Waals surface area contributed by atoms with Crippen LogP contribution in [0.2, 0.25) is 0 Å². The first-order chi connectivity index (χ1) is 70.8. The first-order valence-electron chi connectivity index (χ1n) is 48.7. The van der Waals surface area contributed by atoms with Crippen LogP contribution in [0.5, 0.6) is 11.5 Å². The zero-order chi connectivity index (χ0) is 94.7. The van der Waals surface area contributed by atoms with E-state index in [0.29, 0.717) is 11.6 Å². The van der Waals surface area contributed by atoms with E-state index in [2.05, 4.69) is 512 Å². The number of rotatable bonds is 8. The molecule has 9 heteroatoms. The molecule has 0 unspecified atom stereocenters. The second-order valence-corrected chi connectivity index (χ2v) is 40.5. The van der Waals surface area contributed by atoms with Crippen molar-refractivity contribution in [1.29, 1.82) is 0 Å². The van der Waals surface area contributed by atoms with Crippen molar-refractivity contribution in [3.05, 3.63) is 540 Å². The molecule has 0 atom stereocenters. The van der Waals surface area contributed by atoms with Gasteiger partial charge in [0.2, 0.25) is 0 Å². The molecule has 670 valence electrons. The summed E-state index contributed by atoms with van der Waals surface area (Å²) in [4.78, 5) is 26.0. The van der Waals surface area contributed by atoms with Crippen molar-refractivity contribution in [1.82, 2.24) is 24.5 Å². The Kier molecular flexibility index (Phi) is 21.5. The molecule has 8 nitrogen and oxygen atoms in total. The molecule has 4 aliphatic heterocycles. The predicted octanol–water partition coefficient (Wildman–Crippen LogP) is 32.4. The monoisotopic (exact) mass is 1840 g/mol. The molecule has 0 N–H and O–H groups in total. The second kappa shape index (κ2) is 36.3. The van der Waals surface area contributed by atoms with Crippen LogP contribution in [0.4, 0.5) is 34.1 Å². The molecule has 0 saturated carbocycles. The van der Waals surface area contributed by atoms with Gasteiger partial charge in [-0.2, -0.15) is 0 Å². The van der Waals surface area contributed by atoms with Gasteiger partial charge in [-0.15, -0.1) is 0 Å². The zero-order valence-corrected chi connectivity index (χ0v) is 78.9. The summed E-state index contributed by atoms with van der Waals surface area (Å²) in [5, 5.41) is 7.84. The normalized spacial score (nSPS) is 12.2. The van der Waals surface area contributed by atoms with Crippen LogP contribution < -0.4 is 35.3 Å². The van der Waals surface area contributed by atoms with Crippen molar-refractivity contribution in [2.75, 3.05) is 9.80 Å². The largest absolute Gasteiger partial charge is 0.457 e. The molecule has 3 aromatic heterocycles. The molecule has 0 radical (unpaired) electrons. The number of para-hydroxylation sites is 4. The van der Waals surface area contributed by atoms with E-state index in [-0.39, 0.29) is 0 Å². The highest BCUT2D eigenvalue weighted by molar-refractivity contribution is 7.21. The summed E-state index contributed by atoms with van der Waals surface area (Å²) in [6.45, 7) is 0. The molecule has 0 aliphatic carbocycles. The number of ether oxygens (including phenoxy) is 1. The molecule has 4 aliphatic rings. The SMILES string of the molecule is c1ccc(-c2cc3nc(n2)-c2cccc(c2)-c2cccc(c2)-c2cccc(c2)N2c4ccccc4[Si](c4ccccc4)(c4ccccc4)c4ccc(cc42)-c2cccc(c2)-c2cccc-3c2)cc1.c1ccc(Oc2ccc(N3c4cccc(c4)-c4ccccc4-c4cccc(c4)-c4nc(-c5ccccc5)cc(n4)-c4ccc(cc4)-c4cccc(c4)-c4cc3cc3c4c4ccccc4n3-c3ccccc3)cc2)cc1. The number of aromatic nitrogens is 5. The Balaban J connectivity index is 0.000000147. The van der Waals surface area contributed by atoms with Gasteiger partial charge < -0.3 is 19.1 Å². The molecular formula is C134H89N7OSi. The minimum Gasteiger partial charge on any atom is -0.457 e. The molecular weight excluding hydrogens is 1750 g/mol. The van der Waals surface area contributed by atoms with E-state index < -0.39 is 8.07 Å². The van der Waals surface area contributed by atoms with E-state index in [4.69, 9.17) is 24.7 Å². The minimum atomic E-state index is -2.87. The highest BCUT2D eigenvalue weighted by Gasteiger charge is 2.49. The van der Waals surface area contributed by atoms with Crippen molar-refractivity contribution >= 4 is 84.8 Å². The standard InChI is InChI=1S/C70H46N4O.C64H43N3Si/c1-4-17-48(18-5-1)65-46-66-49-35-33-47(34-36-49)50-19-14-21-52(41-50)64-44-58(45-68-69(64)63-31-12-13-32-67(63)74(68)55-24-6-2-7-25-55)73(56-37-39-60(40-38-56)75-59-27-8-3-9-28-59)57-26-16-22-53(43-57)62-30-11-10-29-61(62)51-20-15-23-54(42-51)70(71-65)72-66;1-4-17-44(18-5-1)58-43-59-53-26-14-23-49(39-53)45-19-13-22-48(38-45)52-35-36-63-61(42-52)67(60-33-10-11-34-62(60)68(63,56-29-6-2-7-30-56)57-31-8-3-9-32-57)55-28-16-25-51(41-55)47-21-12-20-46(37-47)50-24-15-27-54(40-50)64(65-58)66-59/h1-46H;1-43H. The Labute approximate surface area is 831 Å². The van der Waals surface area contributed by atoms with Gasteiger partial charge >= 0.3 is 0 Å². The Morgan fingerprint density at radius 1 is 0.182 bits per heavy atom. The molecule has 24 aromatic rings. The fraction of sp³-hybridized carbons (Fsp3) is 0. The van der Waals surface area contributed by atoms with Gasteiger partial charge in [0.1, 0.15) is 11.5 Å². The van der Waals surface area contributed by atoms with Gasteiger partial charge in [-0.25, -0.2) is 19.9 Å². The quantitative estimate of drug-likeness (QED) is 0.140. The van der Waals surface area contributed by atoms with Crippen LogP contribution in [0.15, 0.2) is 540 Å². The fourth-order valence-corrected chi connectivity index (χ4v) is 26.6. The maximum atomic E-state index is 6.37. The van der Waals surface area contributed by atoms with Crippen LogP contribution in [0.3, 0.4) is 0 Å². The smallest absolute Gasteiger partial charge is 0.184 e. The number of anilines is 6. The lowest BCUT2D eigenvalue weighted by molar-refractivity contribution is 0.483. The van der Waals surface area contributed by atoms with Gasteiger partial charge in [-0.1, -0.05) is 388 Å². The Bertz CT molecular complexity index is 8950. The van der Waals surface area contributed by atoms with Crippen molar-refractivity contribution < 1.29 is 4.74 Å². The topological polar surface area (TPSA) is 72.2 Å². The molecule has 0 fully saturated rings. The van der Waals surface area contributed by atoms with Gasteiger partial charge in [-0.3, -0.25) is 0 Å². The third-order valence-corrected chi connectivity index (χ3v) is 33.1. The lowest BCUT2D eigenvalue weighted by Crippen LogP contribution is -2.77. The lowest BCUT2D eigenvalue weighted by atomic mass is 9.93. The first kappa shape index (κ1) is 84.7. The van der Waals surface area contributed by atoms with Crippen LogP contribution >= 0.6 is 0 Å². The maximum Gasteiger partial charge on any atom is 0.184 e. The summed E-state index contributed by atoms with van der Waals surface area (Å²) in [5.41, 5.74) is 37.4. The molecule has 0 amide bonds. The molecule has 143 heavy (non-hydrogen) atoms. The average molecular weight is 1840 g/mol. The number of benzene rings is 21. The number of nitrogens with zero attached hydrogens (tertiary/aromatic N) is 7. The summed E-state index contributed by atoms with van der Waals surface area (Å²) in [6.07, 6.45) is 0. The van der Waals surface area contributed by atoms with Gasteiger partial charge in [-0.05, 0) is 261 Å². The van der Waals surface area contributed by atoms with Crippen molar-refractivity contribution in [3.63, 3.8) is 0 Å². The van der Waals surface area contributed by atoms with Gasteiger partial charge in [0, 0.05) is 84.0 Å². The van der Waals surface area contributed by atoms with E-state index in [0.717, 1.165) is 196 Å². The highest BCUT2D eigenvalue weighted by Crippen LogP contribution is 2.50. The predicted molar refractivity (Wildman–Crippen MR) is 595 cm³/mol. The molecule has 7 heterocycles. The van der Waals surface area contributed by atoms with Crippen LogP contribution in [0.25, 0.3) is 184 Å². The lowest BCUT2D eigenvalue weighted by Gasteiger charge is -2.45. The third kappa shape index (κ3) is 15.7. The van der Waals surface area contributed by atoms with Gasteiger partial charge in [0.15, 0.2) is 19.7 Å². The number of hydrogen-bond acceptors (Lipinski definition) is 7. The van der Waals surface area contributed by atoms with Gasteiger partial charge in [0.05, 0.1) is 33.8 Å². The third-order valence-electron chi connectivity index (χ3n) is 28.2. The minimum absolute atomic E-state index is 0.670. The molecule has 21 aromatic carbocycles. The summed E-state index contributed by atoms with van der Waals surface area (Å²) in [6, 6.07) is 195. The summed E-state index contributed by atoms with van der Waals surface area (Å²) >= 11 is 0. The van der Waals surface area contributed by atoms with Crippen LogP contribution in [-0.4, -0.2) is 32.6 Å². The zero-order valence-electron chi connectivity index (χ0n) is 77.9. The number of fused-ring (bicyclic) bond motifs is 27. The molecule has 0 saturated heterocycles. The second-order valence-electron chi connectivity index (χ2n) is 36.8. The van der Waals surface area contributed by atoms with Crippen molar-refractivity contribution in [2.24, 2.45) is 0 Å². The Hall–Kier alpha value is -18.8. The van der Waals surface area contributed by atoms with Crippen molar-refractivity contribution in [3.8, 4) is 174 Å². The van der Waals surface area contributed by atoms with Crippen molar-refractivity contribution in [2.45, 2.75) is 0 Å². The highest BCUT2D eigenvalue weighted by atomic mass is 28.3. The summed E-state index contributed by atoms with van der Waals surface area (Å²) < 4.78 is 8.79. The van der Waals surface area contributed by atoms with E-state index in [1.807, 2.05) is 42.5 Å². The van der Waals surface area contributed by atoms with Crippen LogP contribution in [0, 0.1) is 0 Å². The molecule has 28 rings (SSSR count). The fourth-order valence-electron chi connectivity index (χ4n) is 21.5. The average Bonchev–Trinajstić information content (AvgIpc) is 1.37. The van der Waals surface area contributed by atoms with E-state index in [1.165, 1.54) is 42.9 Å². The summed E-state index contributed by atoms with van der Waals surface area (Å²) in [7, 11) is -2.87. The Morgan fingerprint density at radius 3 is 1.11 bits per heavy atom. The Morgan fingerprint density at radius 2 is 0.538 bits per heavy atom. The van der Waals surface area contributed by atoms with Crippen LogP contribution in [-0.2, 0) is 0 Å². The van der Waals surface area contributed by atoms with E-state index >= 15 is 0 Å². The maximum absolute atomic E-state index is 6.37. The number of hydrogen-bond donors (Lipinski definition) is 0. The molecule has 0 spiro atoms. The summed E-state index contributed by atoms with van der Waals surface area (Å²) in [5.74, 6) is 2.90. The van der Waals surface area contributed by atoms with E-state index in [9.17, 15) is 0 Å². The van der Waals surface area contributed by atoms with Gasteiger partial charge in [0.25, 0.3) is 0 Å². The van der Waals surface area contributed by atoms with E-state index in [1.54, 1.807) is 0 Å².